The largest absolute Gasteiger partial charge is 0.465 e. The molecule has 0 bridgehead atoms. The summed E-state index contributed by atoms with van der Waals surface area (Å²) in [6.45, 7) is 7.09. The van der Waals surface area contributed by atoms with Gasteiger partial charge in [-0.15, -0.1) is 0 Å². The molecule has 0 fully saturated rings. The summed E-state index contributed by atoms with van der Waals surface area (Å²) in [6, 6.07) is 6.45. The SMILES string of the molecule is CCOC(=O)[C@H](C)C(C)=NNC(=O)c1ccc(NC(=O)CC)cc1. The van der Waals surface area contributed by atoms with Crippen molar-refractivity contribution in [3.8, 4) is 0 Å². The highest BCUT2D eigenvalue weighted by atomic mass is 16.5. The van der Waals surface area contributed by atoms with E-state index in [1.165, 1.54) is 0 Å². The first-order chi connectivity index (χ1) is 11.4. The summed E-state index contributed by atoms with van der Waals surface area (Å²) in [5.74, 6) is -1.42. The number of hydrogen-bond donors (Lipinski definition) is 2. The van der Waals surface area contributed by atoms with Gasteiger partial charge >= 0.3 is 5.97 Å². The van der Waals surface area contributed by atoms with Crippen LogP contribution >= 0.6 is 0 Å². The van der Waals surface area contributed by atoms with Gasteiger partial charge in [-0.25, -0.2) is 5.43 Å². The van der Waals surface area contributed by atoms with Crippen molar-refractivity contribution in [1.29, 1.82) is 0 Å². The summed E-state index contributed by atoms with van der Waals surface area (Å²) >= 11 is 0. The third-order valence-corrected chi connectivity index (χ3v) is 3.35. The van der Waals surface area contributed by atoms with Crippen LogP contribution in [0.4, 0.5) is 5.69 Å². The molecule has 0 aliphatic heterocycles. The van der Waals surface area contributed by atoms with E-state index >= 15 is 0 Å². The molecule has 1 atom stereocenters. The number of carbonyl (C=O) groups is 3. The van der Waals surface area contributed by atoms with Crippen LogP contribution < -0.4 is 10.7 Å². The number of amides is 2. The van der Waals surface area contributed by atoms with Crippen molar-refractivity contribution in [2.24, 2.45) is 11.0 Å². The Morgan fingerprint density at radius 2 is 1.79 bits per heavy atom. The van der Waals surface area contributed by atoms with E-state index in [4.69, 9.17) is 4.74 Å². The molecule has 0 saturated carbocycles. The van der Waals surface area contributed by atoms with E-state index in [0.29, 0.717) is 30.0 Å². The van der Waals surface area contributed by atoms with Crippen LogP contribution in [0.1, 0.15) is 44.5 Å². The minimum atomic E-state index is -0.531. The summed E-state index contributed by atoms with van der Waals surface area (Å²) in [7, 11) is 0. The lowest BCUT2D eigenvalue weighted by Crippen LogP contribution is -2.25. The Bertz CT molecular complexity index is 623. The lowest BCUT2D eigenvalue weighted by atomic mass is 10.1. The zero-order valence-corrected chi connectivity index (χ0v) is 14.4. The van der Waals surface area contributed by atoms with Gasteiger partial charge in [-0.2, -0.15) is 5.10 Å². The van der Waals surface area contributed by atoms with Crippen molar-refractivity contribution in [1.82, 2.24) is 5.43 Å². The van der Waals surface area contributed by atoms with E-state index in [1.807, 2.05) is 0 Å². The fraction of sp³-hybridized carbons (Fsp3) is 0.412. The van der Waals surface area contributed by atoms with E-state index in [-0.39, 0.29) is 11.9 Å². The molecular weight excluding hydrogens is 310 g/mol. The van der Waals surface area contributed by atoms with Crippen molar-refractivity contribution >= 4 is 29.2 Å². The second-order valence-electron chi connectivity index (χ2n) is 5.15. The third-order valence-electron chi connectivity index (χ3n) is 3.35. The Kier molecular flexibility index (Phi) is 7.61. The van der Waals surface area contributed by atoms with E-state index in [2.05, 4.69) is 15.8 Å². The minimum absolute atomic E-state index is 0.0969. The maximum absolute atomic E-state index is 12.0. The predicted octanol–water partition coefficient (Wildman–Crippen LogP) is 2.34. The predicted molar refractivity (Wildman–Crippen MR) is 91.7 cm³/mol. The normalized spacial score (nSPS) is 12.2. The lowest BCUT2D eigenvalue weighted by molar-refractivity contribution is -0.145. The number of hydrazone groups is 1. The number of nitrogens with zero attached hydrogens (tertiary/aromatic N) is 1. The molecule has 0 aliphatic carbocycles. The number of benzene rings is 1. The quantitative estimate of drug-likeness (QED) is 0.455. The number of carbonyl (C=O) groups excluding carboxylic acids is 3. The summed E-state index contributed by atoms with van der Waals surface area (Å²) in [4.78, 5) is 34.9. The molecule has 0 saturated heterocycles. The Morgan fingerprint density at radius 1 is 1.17 bits per heavy atom. The van der Waals surface area contributed by atoms with Crippen LogP contribution in [0, 0.1) is 5.92 Å². The first-order valence-electron chi connectivity index (χ1n) is 7.80. The van der Waals surface area contributed by atoms with Crippen molar-refractivity contribution < 1.29 is 19.1 Å². The number of rotatable bonds is 7. The molecule has 2 N–H and O–H groups in total. The molecule has 0 heterocycles. The maximum atomic E-state index is 12.0. The van der Waals surface area contributed by atoms with Crippen molar-refractivity contribution in [3.63, 3.8) is 0 Å². The first kappa shape index (κ1) is 19.3. The maximum Gasteiger partial charge on any atom is 0.314 e. The molecule has 0 radical (unpaired) electrons. The molecular formula is C17H23N3O4. The van der Waals surface area contributed by atoms with Crippen molar-refractivity contribution in [2.45, 2.75) is 34.1 Å². The average molecular weight is 333 g/mol. The Balaban J connectivity index is 2.66. The molecule has 0 spiro atoms. The number of anilines is 1. The van der Waals surface area contributed by atoms with E-state index < -0.39 is 11.8 Å². The zero-order chi connectivity index (χ0) is 18.1. The molecule has 7 nitrogen and oxygen atoms in total. The van der Waals surface area contributed by atoms with Gasteiger partial charge in [0.15, 0.2) is 0 Å². The highest BCUT2D eigenvalue weighted by Crippen LogP contribution is 2.10. The molecule has 2 amide bonds. The Morgan fingerprint density at radius 3 is 2.33 bits per heavy atom. The number of nitrogens with one attached hydrogen (secondary N) is 2. The second kappa shape index (κ2) is 9.44. The van der Waals surface area contributed by atoms with Crippen LogP contribution in [-0.4, -0.2) is 30.1 Å². The summed E-state index contributed by atoms with van der Waals surface area (Å²) in [5.41, 5.74) is 3.87. The van der Waals surface area contributed by atoms with Crippen LogP contribution in [0.2, 0.25) is 0 Å². The van der Waals surface area contributed by atoms with Gasteiger partial charge in [0.25, 0.3) is 5.91 Å². The van der Waals surface area contributed by atoms with Crippen LogP contribution in [0.25, 0.3) is 0 Å². The molecule has 24 heavy (non-hydrogen) atoms. The topological polar surface area (TPSA) is 96.9 Å². The van der Waals surface area contributed by atoms with Crippen molar-refractivity contribution in [2.75, 3.05) is 11.9 Å². The molecule has 0 aliphatic rings. The second-order valence-corrected chi connectivity index (χ2v) is 5.15. The smallest absolute Gasteiger partial charge is 0.314 e. The van der Waals surface area contributed by atoms with Crippen molar-refractivity contribution in [3.05, 3.63) is 29.8 Å². The fourth-order valence-corrected chi connectivity index (χ4v) is 1.69. The molecule has 1 aromatic rings. The number of esters is 1. The van der Waals surface area contributed by atoms with Crippen LogP contribution in [-0.2, 0) is 14.3 Å². The first-order valence-corrected chi connectivity index (χ1v) is 7.80. The summed E-state index contributed by atoms with van der Waals surface area (Å²) in [6.07, 6.45) is 0.384. The molecule has 7 heteroatoms. The molecule has 130 valence electrons. The highest BCUT2D eigenvalue weighted by molar-refractivity contribution is 6.02. The van der Waals surface area contributed by atoms with Gasteiger partial charge in [-0.1, -0.05) is 6.92 Å². The summed E-state index contributed by atoms with van der Waals surface area (Å²) < 4.78 is 4.90. The Hall–Kier alpha value is -2.70. The molecule has 0 unspecified atom stereocenters. The fourth-order valence-electron chi connectivity index (χ4n) is 1.69. The van der Waals surface area contributed by atoms with Crippen LogP contribution in [0.3, 0.4) is 0 Å². The zero-order valence-electron chi connectivity index (χ0n) is 14.4. The van der Waals surface area contributed by atoms with Gasteiger partial charge in [-0.3, -0.25) is 14.4 Å². The van der Waals surface area contributed by atoms with E-state index in [1.54, 1.807) is 52.0 Å². The molecule has 1 rings (SSSR count). The summed E-state index contributed by atoms with van der Waals surface area (Å²) in [5, 5.41) is 6.63. The number of hydrogen-bond acceptors (Lipinski definition) is 5. The monoisotopic (exact) mass is 333 g/mol. The standard InChI is InChI=1S/C17H23N3O4/c1-5-15(21)18-14-9-7-13(8-10-14)16(22)20-19-12(4)11(3)17(23)24-6-2/h7-11H,5-6H2,1-4H3,(H,18,21)(H,20,22)/t11-/m1/s1. The van der Waals surface area contributed by atoms with Gasteiger partial charge in [0, 0.05) is 23.4 Å². The number of ether oxygens (including phenoxy) is 1. The lowest BCUT2D eigenvalue weighted by Gasteiger charge is -2.10. The van der Waals surface area contributed by atoms with Crippen LogP contribution in [0.15, 0.2) is 29.4 Å². The van der Waals surface area contributed by atoms with Crippen LogP contribution in [0.5, 0.6) is 0 Å². The van der Waals surface area contributed by atoms with E-state index in [9.17, 15) is 14.4 Å². The van der Waals surface area contributed by atoms with Gasteiger partial charge in [0.2, 0.25) is 5.91 Å². The van der Waals surface area contributed by atoms with Gasteiger partial charge in [0.05, 0.1) is 12.5 Å². The highest BCUT2D eigenvalue weighted by Gasteiger charge is 2.17. The Labute approximate surface area is 141 Å². The minimum Gasteiger partial charge on any atom is -0.465 e. The van der Waals surface area contributed by atoms with E-state index in [0.717, 1.165) is 0 Å². The average Bonchev–Trinajstić information content (AvgIpc) is 2.59. The van der Waals surface area contributed by atoms with Gasteiger partial charge < -0.3 is 10.1 Å². The molecule has 1 aromatic carbocycles. The van der Waals surface area contributed by atoms with Gasteiger partial charge in [0.1, 0.15) is 0 Å². The van der Waals surface area contributed by atoms with Gasteiger partial charge in [-0.05, 0) is 45.0 Å². The molecule has 0 aromatic heterocycles. The third kappa shape index (κ3) is 5.83.